The fourth-order valence-corrected chi connectivity index (χ4v) is 3.83. The molecule has 0 aliphatic rings. The van der Waals surface area contributed by atoms with Gasteiger partial charge in [0.25, 0.3) is 0 Å². The van der Waals surface area contributed by atoms with E-state index in [4.69, 9.17) is 4.74 Å². The fourth-order valence-electron chi connectivity index (χ4n) is 2.84. The Morgan fingerprint density at radius 3 is 2.69 bits per heavy atom. The maximum Gasteiger partial charge on any atom is 0.307 e. The Kier molecular flexibility index (Phi) is 7.35. The number of aryl methyl sites for hydroxylation is 1. The van der Waals surface area contributed by atoms with E-state index in [1.165, 1.54) is 0 Å². The molecule has 2 aromatic carbocycles. The number of esters is 1. The van der Waals surface area contributed by atoms with Crippen molar-refractivity contribution in [3.05, 3.63) is 78.2 Å². The van der Waals surface area contributed by atoms with Crippen molar-refractivity contribution in [1.82, 2.24) is 14.7 Å². The Balaban J connectivity index is 1.87. The standard InChI is InChI=1S/C22H23N3O3S/c1-3-28-22(26)14-20(25-29(27)19-9-7-16(2)8-10-19)17-5-4-6-18(13-17)21-15-23-11-12-24-21/h4-13,15,20,25H,3,14H2,1-2H3/t20-,29?/m0/s1. The molecule has 0 amide bonds. The summed E-state index contributed by atoms with van der Waals surface area (Å²) in [6.45, 7) is 4.04. The molecule has 2 atom stereocenters. The molecule has 3 rings (SSSR count). The van der Waals surface area contributed by atoms with Crippen LogP contribution in [0.15, 0.2) is 72.0 Å². The number of benzene rings is 2. The SMILES string of the molecule is CCOC(=O)C[C@H](N[S+]([O-])c1ccc(C)cc1)c1cccc(-c2cnccn2)c1. The van der Waals surface area contributed by atoms with Crippen molar-refractivity contribution < 1.29 is 14.1 Å². The van der Waals surface area contributed by atoms with Gasteiger partial charge in [0.05, 0.1) is 42.3 Å². The predicted octanol–water partition coefficient (Wildman–Crippen LogP) is 3.76. The first-order chi connectivity index (χ1) is 14.1. The molecule has 7 heteroatoms. The van der Waals surface area contributed by atoms with Gasteiger partial charge in [-0.05, 0) is 37.6 Å². The minimum Gasteiger partial charge on any atom is -0.593 e. The van der Waals surface area contributed by atoms with Crippen LogP contribution in [-0.2, 0) is 20.9 Å². The summed E-state index contributed by atoms with van der Waals surface area (Å²) >= 11 is -1.48. The van der Waals surface area contributed by atoms with Crippen molar-refractivity contribution >= 4 is 17.3 Å². The van der Waals surface area contributed by atoms with Crippen LogP contribution in [0.2, 0.25) is 0 Å². The molecule has 0 fully saturated rings. The number of hydrogen-bond acceptors (Lipinski definition) is 6. The normalized spacial score (nSPS) is 12.9. The highest BCUT2D eigenvalue weighted by Crippen LogP contribution is 2.25. The van der Waals surface area contributed by atoms with Gasteiger partial charge in [0, 0.05) is 18.0 Å². The highest BCUT2D eigenvalue weighted by atomic mass is 32.2. The number of carbonyl (C=O) groups excluding carboxylic acids is 1. The van der Waals surface area contributed by atoms with Gasteiger partial charge in [-0.15, -0.1) is 4.72 Å². The molecule has 6 nitrogen and oxygen atoms in total. The van der Waals surface area contributed by atoms with E-state index >= 15 is 0 Å². The summed E-state index contributed by atoms with van der Waals surface area (Å²) in [6.07, 6.45) is 4.98. The lowest BCUT2D eigenvalue weighted by molar-refractivity contribution is -0.143. The number of ether oxygens (including phenoxy) is 1. The van der Waals surface area contributed by atoms with E-state index in [2.05, 4.69) is 14.7 Å². The number of rotatable bonds is 8. The monoisotopic (exact) mass is 409 g/mol. The van der Waals surface area contributed by atoms with Crippen LogP contribution in [0.4, 0.5) is 0 Å². The fraction of sp³-hybridized carbons (Fsp3) is 0.227. The second-order valence-electron chi connectivity index (χ2n) is 6.48. The van der Waals surface area contributed by atoms with Crippen LogP contribution in [0.1, 0.15) is 30.5 Å². The van der Waals surface area contributed by atoms with Crippen molar-refractivity contribution in [2.45, 2.75) is 31.2 Å². The molecular weight excluding hydrogens is 386 g/mol. The third kappa shape index (κ3) is 5.87. The summed E-state index contributed by atoms with van der Waals surface area (Å²) in [6, 6.07) is 14.6. The molecule has 0 spiro atoms. The smallest absolute Gasteiger partial charge is 0.307 e. The summed E-state index contributed by atoms with van der Waals surface area (Å²) in [4.78, 5) is 21.2. The molecule has 1 N–H and O–H groups in total. The topological polar surface area (TPSA) is 87.2 Å². The summed E-state index contributed by atoms with van der Waals surface area (Å²) in [5, 5.41) is 0. The molecule has 0 radical (unpaired) electrons. The van der Waals surface area contributed by atoms with Gasteiger partial charge in [-0.2, -0.15) is 0 Å². The van der Waals surface area contributed by atoms with Gasteiger partial charge in [0.1, 0.15) is 0 Å². The predicted molar refractivity (Wildman–Crippen MR) is 112 cm³/mol. The maximum atomic E-state index is 12.9. The molecular formula is C22H23N3O3S. The highest BCUT2D eigenvalue weighted by Gasteiger charge is 2.24. The average Bonchev–Trinajstić information content (AvgIpc) is 2.74. The molecule has 0 aliphatic carbocycles. The Labute approximate surface area is 173 Å². The zero-order valence-electron chi connectivity index (χ0n) is 16.4. The molecule has 29 heavy (non-hydrogen) atoms. The minimum atomic E-state index is -1.48. The van der Waals surface area contributed by atoms with Gasteiger partial charge in [0.2, 0.25) is 0 Å². The van der Waals surface area contributed by atoms with Crippen LogP contribution in [0.25, 0.3) is 11.3 Å². The molecule has 0 saturated carbocycles. The van der Waals surface area contributed by atoms with Crippen LogP contribution in [0.3, 0.4) is 0 Å². The van der Waals surface area contributed by atoms with Gasteiger partial charge in [-0.3, -0.25) is 14.8 Å². The molecule has 3 aromatic rings. The quantitative estimate of drug-likeness (QED) is 0.450. The number of aromatic nitrogens is 2. The third-order valence-electron chi connectivity index (χ3n) is 4.31. The van der Waals surface area contributed by atoms with E-state index in [1.54, 1.807) is 25.5 Å². The van der Waals surface area contributed by atoms with Gasteiger partial charge >= 0.3 is 5.97 Å². The summed E-state index contributed by atoms with van der Waals surface area (Å²) < 4.78 is 21.0. The number of carbonyl (C=O) groups is 1. The highest BCUT2D eigenvalue weighted by molar-refractivity contribution is 7.89. The lowest BCUT2D eigenvalue weighted by Crippen LogP contribution is -2.30. The van der Waals surface area contributed by atoms with Gasteiger partial charge in [-0.1, -0.05) is 35.9 Å². The van der Waals surface area contributed by atoms with Crippen molar-refractivity contribution in [3.63, 3.8) is 0 Å². The lowest BCUT2D eigenvalue weighted by Gasteiger charge is -2.20. The Bertz CT molecular complexity index is 936. The van der Waals surface area contributed by atoms with Crippen molar-refractivity contribution in [2.75, 3.05) is 6.61 Å². The van der Waals surface area contributed by atoms with E-state index < -0.39 is 17.4 Å². The molecule has 1 unspecified atom stereocenters. The number of hydrogen-bond donors (Lipinski definition) is 1. The van der Waals surface area contributed by atoms with Crippen LogP contribution < -0.4 is 4.72 Å². The second kappa shape index (κ2) is 10.2. The van der Waals surface area contributed by atoms with E-state index in [9.17, 15) is 9.35 Å². The minimum absolute atomic E-state index is 0.0648. The van der Waals surface area contributed by atoms with Crippen LogP contribution in [0, 0.1) is 6.92 Å². The Morgan fingerprint density at radius 2 is 2.00 bits per heavy atom. The van der Waals surface area contributed by atoms with Gasteiger partial charge < -0.3 is 9.29 Å². The van der Waals surface area contributed by atoms with Crippen LogP contribution in [0.5, 0.6) is 0 Å². The van der Waals surface area contributed by atoms with E-state index in [1.807, 2.05) is 55.5 Å². The Hall–Kier alpha value is -2.74. The first-order valence-electron chi connectivity index (χ1n) is 9.33. The van der Waals surface area contributed by atoms with E-state index in [-0.39, 0.29) is 12.4 Å². The zero-order valence-corrected chi connectivity index (χ0v) is 17.2. The summed E-state index contributed by atoms with van der Waals surface area (Å²) in [5.41, 5.74) is 3.50. The molecule has 0 bridgehead atoms. The Morgan fingerprint density at radius 1 is 1.21 bits per heavy atom. The van der Waals surface area contributed by atoms with Gasteiger partial charge in [-0.25, -0.2) is 0 Å². The molecule has 150 valence electrons. The van der Waals surface area contributed by atoms with Crippen molar-refractivity contribution in [2.24, 2.45) is 0 Å². The molecule has 1 aromatic heterocycles. The van der Waals surface area contributed by atoms with Crippen molar-refractivity contribution in [3.8, 4) is 11.3 Å². The largest absolute Gasteiger partial charge is 0.593 e. The van der Waals surface area contributed by atoms with Crippen LogP contribution >= 0.6 is 0 Å². The number of nitrogens with one attached hydrogen (secondary N) is 1. The van der Waals surface area contributed by atoms with Gasteiger partial charge in [0.15, 0.2) is 4.90 Å². The molecule has 1 heterocycles. The summed E-state index contributed by atoms with van der Waals surface area (Å²) in [5.74, 6) is -0.351. The first kappa shape index (κ1) is 21.0. The summed E-state index contributed by atoms with van der Waals surface area (Å²) in [7, 11) is 0. The maximum absolute atomic E-state index is 12.9. The second-order valence-corrected chi connectivity index (χ2v) is 7.72. The molecule has 0 saturated heterocycles. The molecule has 0 aliphatic heterocycles. The van der Waals surface area contributed by atoms with E-state index in [0.29, 0.717) is 11.5 Å². The first-order valence-corrected chi connectivity index (χ1v) is 10.5. The van der Waals surface area contributed by atoms with Crippen LogP contribution in [-0.4, -0.2) is 27.1 Å². The van der Waals surface area contributed by atoms with E-state index in [0.717, 1.165) is 22.4 Å². The lowest BCUT2D eigenvalue weighted by atomic mass is 10.0. The number of nitrogens with zero attached hydrogens (tertiary/aromatic N) is 2. The average molecular weight is 410 g/mol. The zero-order chi connectivity index (χ0) is 20.6. The third-order valence-corrected chi connectivity index (χ3v) is 5.51. The van der Waals surface area contributed by atoms with Crippen molar-refractivity contribution in [1.29, 1.82) is 0 Å².